The average molecular weight is 403 g/mol. The summed E-state index contributed by atoms with van der Waals surface area (Å²) in [5.41, 5.74) is 2.02. The Morgan fingerprint density at radius 1 is 1.07 bits per heavy atom. The zero-order chi connectivity index (χ0) is 19.7. The van der Waals surface area contributed by atoms with Crippen molar-refractivity contribution in [2.24, 2.45) is 0 Å². The monoisotopic (exact) mass is 403 g/mol. The Hall–Kier alpha value is -2.25. The Labute approximate surface area is 165 Å². The van der Waals surface area contributed by atoms with Crippen molar-refractivity contribution in [1.82, 2.24) is 14.9 Å². The number of rotatable bonds is 4. The van der Waals surface area contributed by atoms with Crippen LogP contribution < -0.4 is 0 Å². The topological polar surface area (TPSA) is 29.0 Å². The van der Waals surface area contributed by atoms with Crippen molar-refractivity contribution in [3.05, 3.63) is 69.2 Å². The van der Waals surface area contributed by atoms with E-state index in [9.17, 15) is 13.2 Å². The highest BCUT2D eigenvalue weighted by Gasteiger charge is 2.30. The van der Waals surface area contributed by atoms with Crippen LogP contribution in [0, 0.1) is 0 Å². The normalized spacial score (nSPS) is 14.9. The predicted octanol–water partition coefficient (Wildman–Crippen LogP) is 5.34. The van der Waals surface area contributed by atoms with Crippen LogP contribution in [0.3, 0.4) is 0 Å². The number of halogens is 3. The van der Waals surface area contributed by atoms with Crippen molar-refractivity contribution in [2.75, 3.05) is 6.54 Å². The van der Waals surface area contributed by atoms with Crippen molar-refractivity contribution in [2.45, 2.75) is 39.0 Å². The summed E-state index contributed by atoms with van der Waals surface area (Å²) >= 11 is 1.86. The summed E-state index contributed by atoms with van der Waals surface area (Å²) in [4.78, 5) is 14.2. The molecule has 0 unspecified atom stereocenters. The second-order valence-electron chi connectivity index (χ2n) is 6.92. The molecule has 0 fully saturated rings. The van der Waals surface area contributed by atoms with Gasteiger partial charge in [-0.3, -0.25) is 4.90 Å². The van der Waals surface area contributed by atoms with E-state index in [0.717, 1.165) is 55.9 Å². The SMILES string of the molecule is CCc1ccc(CN2CCc3nc(-c4ccc(C(F)(F)F)cc4)ncc3C2)s1. The van der Waals surface area contributed by atoms with Crippen LogP contribution in [0.1, 0.15) is 33.5 Å². The van der Waals surface area contributed by atoms with Crippen molar-refractivity contribution in [3.63, 3.8) is 0 Å². The van der Waals surface area contributed by atoms with E-state index >= 15 is 0 Å². The molecule has 0 amide bonds. The standard InChI is InChI=1S/C21H20F3N3S/c1-2-17-7-8-18(28-17)13-27-10-9-19-15(12-27)11-25-20(26-19)14-3-5-16(6-4-14)21(22,23)24/h3-8,11H,2,9-10,12-13H2,1H3. The number of alkyl halides is 3. The smallest absolute Gasteiger partial charge is 0.293 e. The highest BCUT2D eigenvalue weighted by molar-refractivity contribution is 7.11. The summed E-state index contributed by atoms with van der Waals surface area (Å²) in [6.07, 6.45) is -0.641. The lowest BCUT2D eigenvalue weighted by atomic mass is 10.1. The first-order valence-corrected chi connectivity index (χ1v) is 10.1. The number of hydrogen-bond donors (Lipinski definition) is 0. The van der Waals surface area contributed by atoms with Gasteiger partial charge in [0.15, 0.2) is 5.82 Å². The zero-order valence-electron chi connectivity index (χ0n) is 15.5. The molecule has 7 heteroatoms. The van der Waals surface area contributed by atoms with E-state index in [2.05, 4.69) is 33.9 Å². The van der Waals surface area contributed by atoms with Gasteiger partial charge in [-0.05, 0) is 30.7 Å². The van der Waals surface area contributed by atoms with Crippen LogP contribution in [0.4, 0.5) is 13.2 Å². The Kier molecular flexibility index (Phi) is 5.21. The summed E-state index contributed by atoms with van der Waals surface area (Å²) in [5.74, 6) is 0.478. The van der Waals surface area contributed by atoms with E-state index in [4.69, 9.17) is 0 Å². The third-order valence-electron chi connectivity index (χ3n) is 4.93. The van der Waals surface area contributed by atoms with Gasteiger partial charge in [0.2, 0.25) is 0 Å². The number of thiophene rings is 1. The third-order valence-corrected chi connectivity index (χ3v) is 6.14. The number of aromatic nitrogens is 2. The first kappa shape index (κ1) is 19.1. The molecule has 0 atom stereocenters. The van der Waals surface area contributed by atoms with Gasteiger partial charge >= 0.3 is 6.18 Å². The van der Waals surface area contributed by atoms with E-state index in [1.807, 2.05) is 17.5 Å². The summed E-state index contributed by atoms with van der Waals surface area (Å²) in [5, 5.41) is 0. The molecule has 0 spiro atoms. The molecule has 1 aliphatic rings. The molecular formula is C21H20F3N3S. The first-order valence-electron chi connectivity index (χ1n) is 9.24. The van der Waals surface area contributed by atoms with Gasteiger partial charge in [-0.25, -0.2) is 9.97 Å². The molecule has 28 heavy (non-hydrogen) atoms. The van der Waals surface area contributed by atoms with Gasteiger partial charge in [0, 0.05) is 53.1 Å². The van der Waals surface area contributed by atoms with Gasteiger partial charge in [-0.2, -0.15) is 13.2 Å². The molecule has 146 valence electrons. The molecule has 0 aliphatic carbocycles. The minimum Gasteiger partial charge on any atom is -0.293 e. The maximum Gasteiger partial charge on any atom is 0.416 e. The first-order chi connectivity index (χ1) is 13.4. The number of benzene rings is 1. The highest BCUT2D eigenvalue weighted by Crippen LogP contribution is 2.31. The van der Waals surface area contributed by atoms with E-state index in [0.29, 0.717) is 11.4 Å². The molecule has 3 nitrogen and oxygen atoms in total. The van der Waals surface area contributed by atoms with Crippen LogP contribution in [0.5, 0.6) is 0 Å². The van der Waals surface area contributed by atoms with E-state index < -0.39 is 11.7 Å². The molecular weight excluding hydrogens is 383 g/mol. The number of hydrogen-bond acceptors (Lipinski definition) is 4. The molecule has 1 aliphatic heterocycles. The number of aryl methyl sites for hydroxylation is 1. The molecule has 1 aromatic carbocycles. The van der Waals surface area contributed by atoms with Crippen LogP contribution in [-0.4, -0.2) is 21.4 Å². The average Bonchev–Trinajstić information content (AvgIpc) is 3.14. The fourth-order valence-electron chi connectivity index (χ4n) is 3.37. The minimum atomic E-state index is -4.33. The Morgan fingerprint density at radius 3 is 2.50 bits per heavy atom. The van der Waals surface area contributed by atoms with Gasteiger partial charge in [0.05, 0.1) is 11.3 Å². The van der Waals surface area contributed by atoms with Gasteiger partial charge < -0.3 is 0 Å². The van der Waals surface area contributed by atoms with Gasteiger partial charge in [0.1, 0.15) is 0 Å². The lowest BCUT2D eigenvalue weighted by Crippen LogP contribution is -2.30. The van der Waals surface area contributed by atoms with Gasteiger partial charge in [0.25, 0.3) is 0 Å². The van der Waals surface area contributed by atoms with Crippen molar-refractivity contribution >= 4 is 11.3 Å². The molecule has 0 N–H and O–H groups in total. The zero-order valence-corrected chi connectivity index (χ0v) is 16.3. The summed E-state index contributed by atoms with van der Waals surface area (Å²) in [7, 11) is 0. The Balaban J connectivity index is 1.48. The molecule has 4 rings (SSSR count). The molecule has 3 aromatic rings. The number of nitrogens with zero attached hydrogens (tertiary/aromatic N) is 3. The summed E-state index contributed by atoms with van der Waals surface area (Å²) in [6, 6.07) is 9.40. The molecule has 3 heterocycles. The van der Waals surface area contributed by atoms with Crippen LogP contribution in [0.15, 0.2) is 42.6 Å². The maximum atomic E-state index is 12.7. The van der Waals surface area contributed by atoms with E-state index in [-0.39, 0.29) is 0 Å². The largest absolute Gasteiger partial charge is 0.416 e. The maximum absolute atomic E-state index is 12.7. The fraction of sp³-hybridized carbons (Fsp3) is 0.333. The van der Waals surface area contributed by atoms with Crippen LogP contribution in [0.2, 0.25) is 0 Å². The Morgan fingerprint density at radius 2 is 1.82 bits per heavy atom. The van der Waals surface area contributed by atoms with Gasteiger partial charge in [-0.1, -0.05) is 19.1 Å². The molecule has 0 saturated heterocycles. The molecule has 0 radical (unpaired) electrons. The van der Waals surface area contributed by atoms with Crippen molar-refractivity contribution in [1.29, 1.82) is 0 Å². The fourth-order valence-corrected chi connectivity index (χ4v) is 4.38. The summed E-state index contributed by atoms with van der Waals surface area (Å²) < 4.78 is 38.2. The molecule has 2 aromatic heterocycles. The highest BCUT2D eigenvalue weighted by atomic mass is 32.1. The lowest BCUT2D eigenvalue weighted by Gasteiger charge is -2.27. The predicted molar refractivity (Wildman–Crippen MR) is 104 cm³/mol. The van der Waals surface area contributed by atoms with E-state index in [1.165, 1.54) is 21.9 Å². The summed E-state index contributed by atoms with van der Waals surface area (Å²) in [6.45, 7) is 4.79. The van der Waals surface area contributed by atoms with Crippen molar-refractivity contribution < 1.29 is 13.2 Å². The number of fused-ring (bicyclic) bond motifs is 1. The second kappa shape index (κ2) is 7.64. The van der Waals surface area contributed by atoms with Gasteiger partial charge in [-0.15, -0.1) is 11.3 Å². The minimum absolute atomic E-state index is 0.478. The van der Waals surface area contributed by atoms with Crippen LogP contribution >= 0.6 is 11.3 Å². The lowest BCUT2D eigenvalue weighted by molar-refractivity contribution is -0.137. The Bertz CT molecular complexity index is 964. The third kappa shape index (κ3) is 4.10. The van der Waals surface area contributed by atoms with Crippen LogP contribution in [0.25, 0.3) is 11.4 Å². The quantitative estimate of drug-likeness (QED) is 0.588. The van der Waals surface area contributed by atoms with Crippen LogP contribution in [-0.2, 0) is 32.1 Å². The molecule has 0 bridgehead atoms. The van der Waals surface area contributed by atoms with Crippen molar-refractivity contribution in [3.8, 4) is 11.4 Å². The second-order valence-corrected chi connectivity index (χ2v) is 8.18. The van der Waals surface area contributed by atoms with E-state index in [1.54, 1.807) is 0 Å². The molecule has 0 saturated carbocycles.